The Balaban J connectivity index is 1.56. The molecule has 0 fully saturated rings. The van der Waals surface area contributed by atoms with Crippen molar-refractivity contribution in [1.29, 1.82) is 0 Å². The number of carbonyl (C=O) groups is 1. The van der Waals surface area contributed by atoms with Gasteiger partial charge in [0, 0.05) is 12.2 Å². The molecule has 0 N–H and O–H groups in total. The first-order valence-corrected chi connectivity index (χ1v) is 11.1. The Kier molecular flexibility index (Phi) is 6.02. The molecule has 1 amide bonds. The molecule has 1 atom stereocenters. The molecule has 2 aromatic carbocycles. The first-order valence-electron chi connectivity index (χ1n) is 9.13. The lowest BCUT2D eigenvalue weighted by Gasteiger charge is -2.22. The minimum atomic E-state index is -0.104. The zero-order valence-corrected chi connectivity index (χ0v) is 17.2. The zero-order valence-electron chi connectivity index (χ0n) is 15.6. The van der Waals surface area contributed by atoms with Gasteiger partial charge in [-0.15, -0.1) is 0 Å². The summed E-state index contributed by atoms with van der Waals surface area (Å²) in [4.78, 5) is 17.4. The van der Waals surface area contributed by atoms with Crippen LogP contribution in [-0.2, 0) is 4.79 Å². The molecule has 144 valence electrons. The van der Waals surface area contributed by atoms with Gasteiger partial charge in [0.15, 0.2) is 0 Å². The highest BCUT2D eigenvalue weighted by Crippen LogP contribution is 2.34. The molecule has 0 unspecified atom stereocenters. The first-order chi connectivity index (χ1) is 13.7. The molecule has 0 aromatic heterocycles. The van der Waals surface area contributed by atoms with Crippen molar-refractivity contribution in [3.8, 4) is 5.75 Å². The van der Waals surface area contributed by atoms with Crippen LogP contribution in [0.5, 0.6) is 5.75 Å². The lowest BCUT2D eigenvalue weighted by atomic mass is 9.98. The summed E-state index contributed by atoms with van der Waals surface area (Å²) >= 11 is 3.23. The molecule has 5 nitrogen and oxygen atoms in total. The zero-order chi connectivity index (χ0) is 19.3. The number of amides is 1. The number of methoxy groups -OCH3 is 1. The number of aliphatic imine (C=N–C) groups is 1. The number of hydrogen-bond donors (Lipinski definition) is 0. The quantitative estimate of drug-likeness (QED) is 0.740. The standard InChI is InChI=1S/C21H21N3O2S2/c1-26-17-9-7-16(8-10-17)19-13-18(15-5-3-2-4-6-15)23-24(19)20(25)14-28-21-22-11-12-27-21/h2-10,19H,11-14H2,1H3/t19-/m1/s1. The number of hydrazone groups is 1. The maximum absolute atomic E-state index is 13.0. The van der Waals surface area contributed by atoms with Crippen molar-refractivity contribution in [2.75, 3.05) is 25.2 Å². The summed E-state index contributed by atoms with van der Waals surface area (Å²) in [6.45, 7) is 0.843. The molecule has 2 heterocycles. The van der Waals surface area contributed by atoms with E-state index in [1.165, 1.54) is 11.8 Å². The highest BCUT2D eigenvalue weighted by atomic mass is 32.2. The number of rotatable bonds is 5. The van der Waals surface area contributed by atoms with Gasteiger partial charge in [-0.1, -0.05) is 66.0 Å². The topological polar surface area (TPSA) is 54.3 Å². The number of ether oxygens (including phenoxy) is 1. The van der Waals surface area contributed by atoms with Crippen molar-refractivity contribution in [2.24, 2.45) is 10.1 Å². The van der Waals surface area contributed by atoms with E-state index in [1.807, 2.05) is 54.6 Å². The van der Waals surface area contributed by atoms with Crippen LogP contribution in [0, 0.1) is 0 Å². The second kappa shape index (κ2) is 8.84. The molecule has 0 saturated heterocycles. The number of carbonyl (C=O) groups excluding carboxylic acids is 1. The largest absolute Gasteiger partial charge is 0.497 e. The van der Waals surface area contributed by atoms with Gasteiger partial charge in [-0.05, 0) is 23.3 Å². The molecule has 7 heteroatoms. The maximum atomic E-state index is 13.0. The third-order valence-corrected chi connectivity index (χ3v) is 6.89. The minimum Gasteiger partial charge on any atom is -0.497 e. The highest BCUT2D eigenvalue weighted by Gasteiger charge is 2.33. The first kappa shape index (κ1) is 19.1. The third-order valence-electron chi connectivity index (χ3n) is 4.65. The fourth-order valence-electron chi connectivity index (χ4n) is 3.22. The molecule has 2 aromatic rings. The Morgan fingerprint density at radius 2 is 2.00 bits per heavy atom. The Bertz CT molecular complexity index is 898. The predicted octanol–water partition coefficient (Wildman–Crippen LogP) is 4.21. The van der Waals surface area contributed by atoms with E-state index in [0.29, 0.717) is 12.2 Å². The average Bonchev–Trinajstić information content (AvgIpc) is 3.43. The highest BCUT2D eigenvalue weighted by molar-refractivity contribution is 8.39. The summed E-state index contributed by atoms with van der Waals surface area (Å²) in [6, 6.07) is 17.8. The summed E-state index contributed by atoms with van der Waals surface area (Å²) in [7, 11) is 1.65. The molecule has 28 heavy (non-hydrogen) atoms. The summed E-state index contributed by atoms with van der Waals surface area (Å²) in [5, 5.41) is 6.36. The van der Waals surface area contributed by atoms with Crippen molar-refractivity contribution < 1.29 is 9.53 Å². The fraction of sp³-hybridized carbons (Fsp3) is 0.286. The van der Waals surface area contributed by atoms with E-state index in [-0.39, 0.29) is 11.9 Å². The number of hydrogen-bond acceptors (Lipinski definition) is 6. The van der Waals surface area contributed by atoms with Crippen molar-refractivity contribution in [2.45, 2.75) is 12.5 Å². The Morgan fingerprint density at radius 1 is 1.21 bits per heavy atom. The molecule has 0 saturated carbocycles. The van der Waals surface area contributed by atoms with Gasteiger partial charge in [0.05, 0.1) is 31.2 Å². The summed E-state index contributed by atoms with van der Waals surface area (Å²) in [5.74, 6) is 2.16. The Hall–Kier alpha value is -2.25. The smallest absolute Gasteiger partial charge is 0.253 e. The van der Waals surface area contributed by atoms with E-state index in [1.54, 1.807) is 23.9 Å². The molecule has 4 rings (SSSR count). The average molecular weight is 412 g/mol. The normalized spacial score (nSPS) is 18.8. The van der Waals surface area contributed by atoms with Crippen molar-refractivity contribution in [3.63, 3.8) is 0 Å². The van der Waals surface area contributed by atoms with Crippen molar-refractivity contribution in [1.82, 2.24) is 5.01 Å². The van der Waals surface area contributed by atoms with Gasteiger partial charge < -0.3 is 4.74 Å². The lowest BCUT2D eigenvalue weighted by Crippen LogP contribution is -2.28. The van der Waals surface area contributed by atoms with Crippen LogP contribution >= 0.6 is 23.5 Å². The second-order valence-electron chi connectivity index (χ2n) is 6.43. The lowest BCUT2D eigenvalue weighted by molar-refractivity contribution is -0.130. The summed E-state index contributed by atoms with van der Waals surface area (Å²) < 4.78 is 6.26. The SMILES string of the molecule is COc1ccc([C@H]2CC(c3ccccc3)=NN2C(=O)CSC2=NCCS2)cc1. The molecule has 2 aliphatic heterocycles. The second-order valence-corrected chi connectivity index (χ2v) is 8.73. The predicted molar refractivity (Wildman–Crippen MR) is 117 cm³/mol. The van der Waals surface area contributed by atoms with Crippen LogP contribution in [0.25, 0.3) is 0 Å². The number of thioether (sulfide) groups is 2. The number of nitrogens with zero attached hydrogens (tertiary/aromatic N) is 3. The summed E-state index contributed by atoms with van der Waals surface area (Å²) in [6.07, 6.45) is 0.697. The van der Waals surface area contributed by atoms with Crippen LogP contribution in [0.2, 0.25) is 0 Å². The maximum Gasteiger partial charge on any atom is 0.253 e. The van der Waals surface area contributed by atoms with Crippen LogP contribution in [0.1, 0.15) is 23.6 Å². The van der Waals surface area contributed by atoms with Gasteiger partial charge in [-0.2, -0.15) is 5.10 Å². The van der Waals surface area contributed by atoms with E-state index in [4.69, 9.17) is 9.84 Å². The molecule has 0 radical (unpaired) electrons. The Morgan fingerprint density at radius 3 is 2.68 bits per heavy atom. The monoisotopic (exact) mass is 411 g/mol. The van der Waals surface area contributed by atoms with E-state index >= 15 is 0 Å². The number of benzene rings is 2. The van der Waals surface area contributed by atoms with Gasteiger partial charge in [-0.3, -0.25) is 9.79 Å². The molecular weight excluding hydrogens is 390 g/mol. The van der Waals surface area contributed by atoms with Crippen molar-refractivity contribution >= 4 is 39.5 Å². The van der Waals surface area contributed by atoms with Gasteiger partial charge in [0.1, 0.15) is 10.1 Å². The molecule has 0 bridgehead atoms. The van der Waals surface area contributed by atoms with Crippen LogP contribution in [0.15, 0.2) is 64.7 Å². The van der Waals surface area contributed by atoms with Crippen LogP contribution in [0.4, 0.5) is 0 Å². The molecular formula is C21H21N3O2S2. The van der Waals surface area contributed by atoms with E-state index < -0.39 is 0 Å². The Labute approximate surface area is 173 Å². The molecule has 2 aliphatic rings. The van der Waals surface area contributed by atoms with Crippen molar-refractivity contribution in [3.05, 3.63) is 65.7 Å². The van der Waals surface area contributed by atoms with Gasteiger partial charge in [0.2, 0.25) is 0 Å². The summed E-state index contributed by atoms with van der Waals surface area (Å²) in [5.41, 5.74) is 3.05. The van der Waals surface area contributed by atoms with E-state index in [2.05, 4.69) is 4.99 Å². The van der Waals surface area contributed by atoms with Crippen LogP contribution < -0.4 is 4.74 Å². The van der Waals surface area contributed by atoms with E-state index in [9.17, 15) is 4.79 Å². The van der Waals surface area contributed by atoms with Crippen LogP contribution in [0.3, 0.4) is 0 Å². The fourth-order valence-corrected chi connectivity index (χ4v) is 5.09. The van der Waals surface area contributed by atoms with Gasteiger partial charge >= 0.3 is 0 Å². The third kappa shape index (κ3) is 4.25. The van der Waals surface area contributed by atoms with E-state index in [0.717, 1.165) is 39.3 Å². The van der Waals surface area contributed by atoms with Gasteiger partial charge in [0.25, 0.3) is 5.91 Å². The molecule has 0 spiro atoms. The van der Waals surface area contributed by atoms with Crippen LogP contribution in [-0.4, -0.2) is 46.2 Å². The minimum absolute atomic E-state index is 0.00643. The van der Waals surface area contributed by atoms with Gasteiger partial charge in [-0.25, -0.2) is 5.01 Å². The molecule has 0 aliphatic carbocycles.